The summed E-state index contributed by atoms with van der Waals surface area (Å²) in [4.78, 5) is 0. The number of rotatable bonds is 6. The highest BCUT2D eigenvalue weighted by atomic mass is 35.5. The van der Waals surface area contributed by atoms with E-state index in [2.05, 4.69) is 25.2 Å². The van der Waals surface area contributed by atoms with Gasteiger partial charge in [-0.05, 0) is 43.1 Å². The first kappa shape index (κ1) is 13.3. The Kier molecular flexibility index (Phi) is 5.64. The largest absolute Gasteiger partial charge is 0.495 e. The maximum atomic E-state index is 6.05. The molecule has 0 unspecified atom stereocenters. The zero-order chi connectivity index (χ0) is 12.0. The molecule has 1 N–H and O–H groups in total. The Morgan fingerprint density at radius 1 is 1.38 bits per heavy atom. The molecule has 16 heavy (non-hydrogen) atoms. The molecule has 0 aliphatic carbocycles. The fourth-order valence-corrected chi connectivity index (χ4v) is 1.77. The Hall–Kier alpha value is -0.730. The van der Waals surface area contributed by atoms with Gasteiger partial charge in [0.25, 0.3) is 0 Å². The predicted octanol–water partition coefficient (Wildman–Crippen LogP) is 3.14. The number of methoxy groups -OCH3 is 1. The molecule has 0 amide bonds. The van der Waals surface area contributed by atoms with Crippen LogP contribution < -0.4 is 10.1 Å². The van der Waals surface area contributed by atoms with E-state index >= 15 is 0 Å². The van der Waals surface area contributed by atoms with Crippen molar-refractivity contribution < 1.29 is 4.74 Å². The summed E-state index contributed by atoms with van der Waals surface area (Å²) < 4.78 is 5.11. The van der Waals surface area contributed by atoms with E-state index in [4.69, 9.17) is 16.3 Å². The van der Waals surface area contributed by atoms with Crippen LogP contribution in [0.25, 0.3) is 0 Å². The Labute approximate surface area is 103 Å². The number of nitrogens with one attached hydrogen (secondary N) is 1. The molecule has 0 saturated heterocycles. The highest BCUT2D eigenvalue weighted by molar-refractivity contribution is 6.32. The van der Waals surface area contributed by atoms with Crippen molar-refractivity contribution in [2.24, 2.45) is 5.92 Å². The van der Waals surface area contributed by atoms with Gasteiger partial charge in [-0.15, -0.1) is 0 Å². The number of hydrogen-bond donors (Lipinski definition) is 1. The minimum atomic E-state index is 0.684. The number of benzene rings is 1. The smallest absolute Gasteiger partial charge is 0.137 e. The lowest BCUT2D eigenvalue weighted by atomic mass is 10.1. The van der Waals surface area contributed by atoms with E-state index in [0.717, 1.165) is 25.3 Å². The van der Waals surface area contributed by atoms with Gasteiger partial charge in [-0.3, -0.25) is 0 Å². The first-order valence-corrected chi connectivity index (χ1v) is 6.04. The topological polar surface area (TPSA) is 21.3 Å². The van der Waals surface area contributed by atoms with Gasteiger partial charge in [0.1, 0.15) is 5.75 Å². The van der Waals surface area contributed by atoms with E-state index in [1.807, 2.05) is 12.1 Å². The fourth-order valence-electron chi connectivity index (χ4n) is 1.49. The van der Waals surface area contributed by atoms with Crippen LogP contribution in [0.4, 0.5) is 0 Å². The van der Waals surface area contributed by atoms with E-state index in [-0.39, 0.29) is 0 Å². The van der Waals surface area contributed by atoms with Crippen LogP contribution in [0.3, 0.4) is 0 Å². The third-order valence-electron chi connectivity index (χ3n) is 2.36. The quantitative estimate of drug-likeness (QED) is 0.773. The third-order valence-corrected chi connectivity index (χ3v) is 2.65. The summed E-state index contributed by atoms with van der Waals surface area (Å²) in [6, 6.07) is 5.94. The standard InChI is InChI=1S/C13H20ClNO/c1-10(2)9-15-7-6-11-4-5-13(16-3)12(14)8-11/h4-5,8,10,15H,6-7,9H2,1-3H3. The van der Waals surface area contributed by atoms with Crippen LogP contribution in [0.1, 0.15) is 19.4 Å². The second kappa shape index (κ2) is 6.77. The summed E-state index contributed by atoms with van der Waals surface area (Å²) in [5.41, 5.74) is 1.24. The molecule has 0 radical (unpaired) electrons. The highest BCUT2D eigenvalue weighted by Gasteiger charge is 2.01. The van der Waals surface area contributed by atoms with E-state index in [0.29, 0.717) is 10.9 Å². The van der Waals surface area contributed by atoms with Gasteiger partial charge in [0.05, 0.1) is 12.1 Å². The van der Waals surface area contributed by atoms with Gasteiger partial charge >= 0.3 is 0 Å². The molecular weight excluding hydrogens is 222 g/mol. The van der Waals surface area contributed by atoms with Crippen LogP contribution >= 0.6 is 11.6 Å². The maximum Gasteiger partial charge on any atom is 0.137 e. The zero-order valence-corrected chi connectivity index (χ0v) is 11.0. The van der Waals surface area contributed by atoms with Gasteiger partial charge in [-0.25, -0.2) is 0 Å². The lowest BCUT2D eigenvalue weighted by Gasteiger charge is -2.08. The number of halogens is 1. The average molecular weight is 242 g/mol. The van der Waals surface area contributed by atoms with Crippen molar-refractivity contribution in [1.29, 1.82) is 0 Å². The first-order valence-electron chi connectivity index (χ1n) is 5.66. The molecule has 0 bridgehead atoms. The van der Waals surface area contributed by atoms with Crippen LogP contribution in [0, 0.1) is 5.92 Å². The van der Waals surface area contributed by atoms with Crippen LogP contribution in [0.15, 0.2) is 18.2 Å². The van der Waals surface area contributed by atoms with Crippen molar-refractivity contribution >= 4 is 11.6 Å². The molecule has 0 aliphatic rings. The molecule has 0 fully saturated rings. The summed E-state index contributed by atoms with van der Waals surface area (Å²) in [7, 11) is 1.63. The molecule has 0 aliphatic heterocycles. The van der Waals surface area contributed by atoms with E-state index in [9.17, 15) is 0 Å². The summed E-state index contributed by atoms with van der Waals surface area (Å²) in [5.74, 6) is 1.43. The zero-order valence-electron chi connectivity index (χ0n) is 10.2. The van der Waals surface area contributed by atoms with E-state index in [1.165, 1.54) is 5.56 Å². The van der Waals surface area contributed by atoms with Crippen molar-refractivity contribution in [2.75, 3.05) is 20.2 Å². The monoisotopic (exact) mass is 241 g/mol. The normalized spacial score (nSPS) is 10.8. The van der Waals surface area contributed by atoms with E-state index in [1.54, 1.807) is 7.11 Å². The molecule has 0 atom stereocenters. The Bertz CT molecular complexity index is 326. The highest BCUT2D eigenvalue weighted by Crippen LogP contribution is 2.24. The fraction of sp³-hybridized carbons (Fsp3) is 0.538. The molecule has 1 rings (SSSR count). The van der Waals surface area contributed by atoms with Crippen molar-refractivity contribution in [1.82, 2.24) is 5.32 Å². The molecule has 1 aromatic carbocycles. The lowest BCUT2D eigenvalue weighted by molar-refractivity contribution is 0.415. The van der Waals surface area contributed by atoms with Crippen molar-refractivity contribution in [2.45, 2.75) is 20.3 Å². The van der Waals surface area contributed by atoms with Crippen LogP contribution in [0.5, 0.6) is 5.75 Å². The summed E-state index contributed by atoms with van der Waals surface area (Å²) in [5, 5.41) is 4.09. The third kappa shape index (κ3) is 4.42. The van der Waals surface area contributed by atoms with E-state index < -0.39 is 0 Å². The van der Waals surface area contributed by atoms with Crippen LogP contribution in [-0.4, -0.2) is 20.2 Å². The number of hydrogen-bond acceptors (Lipinski definition) is 2. The SMILES string of the molecule is COc1ccc(CCNCC(C)C)cc1Cl. The molecule has 0 heterocycles. The van der Waals surface area contributed by atoms with Gasteiger partial charge in [0.2, 0.25) is 0 Å². The molecule has 90 valence electrons. The molecule has 0 saturated carbocycles. The lowest BCUT2D eigenvalue weighted by Crippen LogP contribution is -2.22. The Balaban J connectivity index is 2.40. The summed E-state index contributed by atoms with van der Waals surface area (Å²) in [6.07, 6.45) is 0.996. The van der Waals surface area contributed by atoms with Crippen molar-refractivity contribution in [3.63, 3.8) is 0 Å². The van der Waals surface area contributed by atoms with Crippen LogP contribution in [0.2, 0.25) is 5.02 Å². The maximum absolute atomic E-state index is 6.05. The van der Waals surface area contributed by atoms with Gasteiger partial charge < -0.3 is 10.1 Å². The molecular formula is C13H20ClNO. The van der Waals surface area contributed by atoms with Crippen molar-refractivity contribution in [3.8, 4) is 5.75 Å². The minimum absolute atomic E-state index is 0.684. The molecule has 0 aromatic heterocycles. The molecule has 2 nitrogen and oxygen atoms in total. The molecule has 1 aromatic rings. The summed E-state index contributed by atoms with van der Waals surface area (Å²) in [6.45, 7) is 6.46. The summed E-state index contributed by atoms with van der Waals surface area (Å²) >= 11 is 6.05. The average Bonchev–Trinajstić information content (AvgIpc) is 2.24. The second-order valence-electron chi connectivity index (χ2n) is 4.32. The first-order chi connectivity index (χ1) is 7.63. The molecule has 0 spiro atoms. The van der Waals surface area contributed by atoms with Crippen molar-refractivity contribution in [3.05, 3.63) is 28.8 Å². The number of ether oxygens (including phenoxy) is 1. The Morgan fingerprint density at radius 3 is 2.69 bits per heavy atom. The van der Waals surface area contributed by atoms with Crippen LogP contribution in [-0.2, 0) is 6.42 Å². The Morgan fingerprint density at radius 2 is 2.12 bits per heavy atom. The van der Waals surface area contributed by atoms with Gasteiger partial charge in [-0.2, -0.15) is 0 Å². The predicted molar refractivity (Wildman–Crippen MR) is 69.4 cm³/mol. The van der Waals surface area contributed by atoms with Gasteiger partial charge in [0.15, 0.2) is 0 Å². The van der Waals surface area contributed by atoms with Gasteiger partial charge in [-0.1, -0.05) is 31.5 Å². The van der Waals surface area contributed by atoms with Gasteiger partial charge in [0, 0.05) is 0 Å². The minimum Gasteiger partial charge on any atom is -0.495 e. The molecule has 3 heteroatoms. The second-order valence-corrected chi connectivity index (χ2v) is 4.72.